The Morgan fingerprint density at radius 2 is 1.95 bits per heavy atom. The van der Waals surface area contributed by atoms with Gasteiger partial charge in [-0.15, -0.1) is 0 Å². The first kappa shape index (κ1) is 16.0. The van der Waals surface area contributed by atoms with E-state index in [4.69, 9.17) is 5.11 Å². The van der Waals surface area contributed by atoms with E-state index in [2.05, 4.69) is 26.1 Å². The van der Waals surface area contributed by atoms with Crippen LogP contribution in [-0.2, 0) is 11.4 Å². The minimum atomic E-state index is 0.0315. The van der Waals surface area contributed by atoms with Crippen LogP contribution in [0.25, 0.3) is 0 Å². The van der Waals surface area contributed by atoms with Crippen molar-refractivity contribution in [2.24, 2.45) is 23.7 Å². The lowest BCUT2D eigenvalue weighted by Gasteiger charge is -2.36. The minimum Gasteiger partial charge on any atom is -0.392 e. The van der Waals surface area contributed by atoms with Crippen molar-refractivity contribution >= 4 is 11.6 Å². The highest BCUT2D eigenvalue weighted by Gasteiger charge is 2.35. The van der Waals surface area contributed by atoms with E-state index in [1.165, 1.54) is 6.42 Å². The molecule has 0 heterocycles. The van der Waals surface area contributed by atoms with Gasteiger partial charge in [0.2, 0.25) is 5.91 Å². The van der Waals surface area contributed by atoms with Crippen LogP contribution in [0.4, 0.5) is 5.69 Å². The maximum atomic E-state index is 12.6. The van der Waals surface area contributed by atoms with Crippen molar-refractivity contribution in [1.29, 1.82) is 0 Å². The molecule has 3 atom stereocenters. The van der Waals surface area contributed by atoms with Crippen molar-refractivity contribution < 1.29 is 9.90 Å². The Morgan fingerprint density at radius 3 is 2.52 bits per heavy atom. The summed E-state index contributed by atoms with van der Waals surface area (Å²) in [4.78, 5) is 12.6. The molecule has 0 aromatic heterocycles. The average Bonchev–Trinajstić information content (AvgIpc) is 2.47. The lowest BCUT2D eigenvalue weighted by Crippen LogP contribution is -2.36. The topological polar surface area (TPSA) is 49.3 Å². The van der Waals surface area contributed by atoms with Gasteiger partial charge in [0, 0.05) is 11.6 Å². The van der Waals surface area contributed by atoms with Gasteiger partial charge in [-0.3, -0.25) is 4.79 Å². The molecular formula is C18H27NO2. The third-order valence-electron chi connectivity index (χ3n) is 4.76. The van der Waals surface area contributed by atoms with Crippen molar-refractivity contribution in [3.8, 4) is 0 Å². The highest BCUT2D eigenvalue weighted by Crippen LogP contribution is 2.38. The van der Waals surface area contributed by atoms with Gasteiger partial charge in [0.1, 0.15) is 0 Å². The van der Waals surface area contributed by atoms with Crippen LogP contribution in [-0.4, -0.2) is 11.0 Å². The standard InChI is InChI=1S/C18H27NO2/c1-12(2)16-9-4-13(3)10-17(16)18(21)19-15-7-5-14(11-20)6-8-15/h5-8,12-13,16-17,20H,4,9-11H2,1-3H3,(H,19,21). The van der Waals surface area contributed by atoms with Crippen LogP contribution >= 0.6 is 0 Å². The van der Waals surface area contributed by atoms with Gasteiger partial charge in [0.05, 0.1) is 6.61 Å². The molecule has 116 valence electrons. The summed E-state index contributed by atoms with van der Waals surface area (Å²) >= 11 is 0. The number of aliphatic hydroxyl groups is 1. The summed E-state index contributed by atoms with van der Waals surface area (Å²) in [6.45, 7) is 6.71. The van der Waals surface area contributed by atoms with E-state index in [1.807, 2.05) is 24.3 Å². The normalized spacial score (nSPS) is 25.9. The number of carbonyl (C=O) groups excluding carboxylic acids is 1. The number of aliphatic hydroxyl groups excluding tert-OH is 1. The molecule has 0 bridgehead atoms. The number of anilines is 1. The fourth-order valence-electron chi connectivity index (χ4n) is 3.43. The molecule has 0 aliphatic heterocycles. The molecule has 3 unspecified atom stereocenters. The van der Waals surface area contributed by atoms with E-state index >= 15 is 0 Å². The Hall–Kier alpha value is -1.35. The number of rotatable bonds is 4. The average molecular weight is 289 g/mol. The Bertz CT molecular complexity index is 467. The highest BCUT2D eigenvalue weighted by molar-refractivity contribution is 5.92. The first-order valence-electron chi connectivity index (χ1n) is 8.02. The summed E-state index contributed by atoms with van der Waals surface area (Å²) in [5.74, 6) is 1.93. The van der Waals surface area contributed by atoms with Gasteiger partial charge in [-0.05, 0) is 48.3 Å². The van der Waals surface area contributed by atoms with Crippen LogP contribution in [0.2, 0.25) is 0 Å². The van der Waals surface area contributed by atoms with Crippen molar-refractivity contribution in [1.82, 2.24) is 0 Å². The molecule has 1 aliphatic carbocycles. The van der Waals surface area contributed by atoms with Crippen molar-refractivity contribution in [2.75, 3.05) is 5.32 Å². The molecule has 1 aromatic rings. The molecule has 1 fully saturated rings. The smallest absolute Gasteiger partial charge is 0.227 e. The van der Waals surface area contributed by atoms with E-state index in [0.29, 0.717) is 17.8 Å². The van der Waals surface area contributed by atoms with Gasteiger partial charge in [-0.2, -0.15) is 0 Å². The maximum Gasteiger partial charge on any atom is 0.227 e. The lowest BCUT2D eigenvalue weighted by atomic mass is 9.70. The molecule has 2 N–H and O–H groups in total. The predicted octanol–water partition coefficient (Wildman–Crippen LogP) is 3.83. The number of amides is 1. The number of nitrogens with one attached hydrogen (secondary N) is 1. The number of carbonyl (C=O) groups is 1. The second kappa shape index (κ2) is 7.08. The predicted molar refractivity (Wildman–Crippen MR) is 85.8 cm³/mol. The van der Waals surface area contributed by atoms with Gasteiger partial charge in [-0.1, -0.05) is 39.3 Å². The van der Waals surface area contributed by atoms with Crippen molar-refractivity contribution in [3.05, 3.63) is 29.8 Å². The summed E-state index contributed by atoms with van der Waals surface area (Å²) in [6.07, 6.45) is 3.38. The molecule has 0 spiro atoms. The quantitative estimate of drug-likeness (QED) is 0.885. The summed E-state index contributed by atoms with van der Waals surface area (Å²) in [5.41, 5.74) is 1.68. The molecule has 3 heteroatoms. The Labute approximate surface area is 127 Å². The van der Waals surface area contributed by atoms with E-state index in [9.17, 15) is 4.79 Å². The number of benzene rings is 1. The Morgan fingerprint density at radius 1 is 1.29 bits per heavy atom. The maximum absolute atomic E-state index is 12.6. The van der Waals surface area contributed by atoms with Crippen molar-refractivity contribution in [3.63, 3.8) is 0 Å². The number of hydrogen-bond donors (Lipinski definition) is 2. The van der Waals surface area contributed by atoms with E-state index in [0.717, 1.165) is 24.1 Å². The molecule has 0 saturated heterocycles. The first-order valence-corrected chi connectivity index (χ1v) is 8.02. The van der Waals surface area contributed by atoms with Crippen LogP contribution in [0.1, 0.15) is 45.6 Å². The molecule has 1 aromatic carbocycles. The molecule has 1 aliphatic rings. The second-order valence-corrected chi connectivity index (χ2v) is 6.78. The monoisotopic (exact) mass is 289 g/mol. The fraction of sp³-hybridized carbons (Fsp3) is 0.611. The Kier molecular flexibility index (Phi) is 5.40. The fourth-order valence-corrected chi connectivity index (χ4v) is 3.43. The van der Waals surface area contributed by atoms with Gasteiger partial charge < -0.3 is 10.4 Å². The summed E-state index contributed by atoms with van der Waals surface area (Å²) < 4.78 is 0. The molecule has 21 heavy (non-hydrogen) atoms. The van der Waals surface area contributed by atoms with Gasteiger partial charge in [-0.25, -0.2) is 0 Å². The van der Waals surface area contributed by atoms with E-state index in [1.54, 1.807) is 0 Å². The molecule has 3 nitrogen and oxygen atoms in total. The van der Waals surface area contributed by atoms with E-state index in [-0.39, 0.29) is 18.4 Å². The molecule has 0 radical (unpaired) electrons. The van der Waals surface area contributed by atoms with Crippen molar-refractivity contribution in [2.45, 2.75) is 46.6 Å². The van der Waals surface area contributed by atoms with E-state index < -0.39 is 0 Å². The first-order chi connectivity index (χ1) is 10.0. The zero-order valence-electron chi connectivity index (χ0n) is 13.3. The highest BCUT2D eigenvalue weighted by atomic mass is 16.3. The third kappa shape index (κ3) is 4.07. The zero-order valence-corrected chi connectivity index (χ0v) is 13.3. The summed E-state index contributed by atoms with van der Waals surface area (Å²) in [6, 6.07) is 7.41. The SMILES string of the molecule is CC1CCC(C(C)C)C(C(=O)Nc2ccc(CO)cc2)C1. The molecule has 1 amide bonds. The van der Waals surface area contributed by atoms with Crippen LogP contribution in [0.15, 0.2) is 24.3 Å². The van der Waals surface area contributed by atoms with Crippen LogP contribution in [0.5, 0.6) is 0 Å². The lowest BCUT2D eigenvalue weighted by molar-refractivity contribution is -0.123. The van der Waals surface area contributed by atoms with Gasteiger partial charge in [0.25, 0.3) is 0 Å². The Balaban J connectivity index is 2.05. The largest absolute Gasteiger partial charge is 0.392 e. The van der Waals surface area contributed by atoms with Crippen LogP contribution in [0.3, 0.4) is 0 Å². The second-order valence-electron chi connectivity index (χ2n) is 6.78. The molecule has 2 rings (SSSR count). The zero-order chi connectivity index (χ0) is 15.4. The van der Waals surface area contributed by atoms with Crippen LogP contribution < -0.4 is 5.32 Å². The molecular weight excluding hydrogens is 262 g/mol. The summed E-state index contributed by atoms with van der Waals surface area (Å²) in [7, 11) is 0. The molecule has 1 saturated carbocycles. The van der Waals surface area contributed by atoms with Gasteiger partial charge >= 0.3 is 0 Å². The third-order valence-corrected chi connectivity index (χ3v) is 4.76. The van der Waals surface area contributed by atoms with Gasteiger partial charge in [0.15, 0.2) is 0 Å². The number of hydrogen-bond acceptors (Lipinski definition) is 2. The van der Waals surface area contributed by atoms with Crippen LogP contribution in [0, 0.1) is 23.7 Å². The summed E-state index contributed by atoms with van der Waals surface area (Å²) in [5, 5.41) is 12.1. The minimum absolute atomic E-state index is 0.0315.